The Bertz CT molecular complexity index is 1040. The van der Waals surface area contributed by atoms with Crippen molar-refractivity contribution in [3.8, 4) is 17.1 Å². The molecule has 0 saturated carbocycles. The number of nitrogens with one attached hydrogen (secondary N) is 2. The number of benzene rings is 2. The fourth-order valence-electron chi connectivity index (χ4n) is 3.09. The molecule has 0 saturated heterocycles. The molecule has 3 aromatic rings. The third-order valence-electron chi connectivity index (χ3n) is 4.47. The summed E-state index contributed by atoms with van der Waals surface area (Å²) in [5, 5.41) is 10.1. The van der Waals surface area contributed by atoms with E-state index in [0.717, 1.165) is 22.4 Å². The maximum atomic E-state index is 12.7. The van der Waals surface area contributed by atoms with E-state index in [0.29, 0.717) is 10.6 Å². The van der Waals surface area contributed by atoms with Gasteiger partial charge in [0.15, 0.2) is 10.6 Å². The summed E-state index contributed by atoms with van der Waals surface area (Å²) in [5.41, 5.74) is 3.04. The number of rotatable bonds is 7. The molecule has 3 rings (SSSR count). The van der Waals surface area contributed by atoms with E-state index in [1.807, 2.05) is 76.2 Å². The minimum Gasteiger partial charge on any atom is -0.491 e. The normalized spacial score (nSPS) is 12.0. The van der Waals surface area contributed by atoms with Crippen molar-refractivity contribution in [3.05, 3.63) is 64.4 Å². The zero-order chi connectivity index (χ0) is 21.0. The number of ether oxygens (including phenoxy) is 1. The standard InChI is InChI=1S/C22H26N4O2S/c1-14(2)28-19-10-8-17(9-11-19)16(4)23-20(27)13-26-21(24-25-22(26)29)18-7-5-6-15(3)12-18/h5-12,14,16H,13H2,1-4H3,(H,23,27)(H,25,29). The Morgan fingerprint density at radius 3 is 2.59 bits per heavy atom. The van der Waals surface area contributed by atoms with Crippen molar-refractivity contribution in [1.82, 2.24) is 20.1 Å². The maximum Gasteiger partial charge on any atom is 0.240 e. The summed E-state index contributed by atoms with van der Waals surface area (Å²) in [7, 11) is 0. The van der Waals surface area contributed by atoms with Gasteiger partial charge in [-0.1, -0.05) is 35.9 Å². The second kappa shape index (κ2) is 9.05. The monoisotopic (exact) mass is 410 g/mol. The summed E-state index contributed by atoms with van der Waals surface area (Å²) in [5.74, 6) is 1.33. The summed E-state index contributed by atoms with van der Waals surface area (Å²) < 4.78 is 7.79. The highest BCUT2D eigenvalue weighted by atomic mass is 32.1. The van der Waals surface area contributed by atoms with Gasteiger partial charge in [-0.15, -0.1) is 0 Å². The van der Waals surface area contributed by atoms with Crippen molar-refractivity contribution in [1.29, 1.82) is 0 Å². The largest absolute Gasteiger partial charge is 0.491 e. The Kier molecular flexibility index (Phi) is 6.49. The zero-order valence-electron chi connectivity index (χ0n) is 17.1. The highest BCUT2D eigenvalue weighted by Gasteiger charge is 2.15. The molecule has 1 unspecified atom stereocenters. The van der Waals surface area contributed by atoms with E-state index in [1.54, 1.807) is 4.57 Å². The fraction of sp³-hybridized carbons (Fsp3) is 0.318. The molecule has 1 amide bonds. The Labute approximate surface area is 175 Å². The minimum atomic E-state index is -0.140. The van der Waals surface area contributed by atoms with Gasteiger partial charge in [-0.25, -0.2) is 0 Å². The molecule has 1 heterocycles. The van der Waals surface area contributed by atoms with Crippen LogP contribution >= 0.6 is 12.2 Å². The van der Waals surface area contributed by atoms with E-state index in [-0.39, 0.29) is 24.6 Å². The van der Waals surface area contributed by atoms with Crippen LogP contribution in [-0.2, 0) is 11.3 Å². The van der Waals surface area contributed by atoms with Gasteiger partial charge in [-0.2, -0.15) is 5.10 Å². The first-order chi connectivity index (χ1) is 13.8. The Morgan fingerprint density at radius 2 is 1.93 bits per heavy atom. The van der Waals surface area contributed by atoms with Crippen LogP contribution in [0.5, 0.6) is 5.75 Å². The van der Waals surface area contributed by atoms with E-state index < -0.39 is 0 Å². The lowest BCUT2D eigenvalue weighted by atomic mass is 10.1. The molecule has 0 aliphatic heterocycles. The van der Waals surface area contributed by atoms with Crippen molar-refractivity contribution >= 4 is 18.1 Å². The summed E-state index contributed by atoms with van der Waals surface area (Å²) in [4.78, 5) is 12.7. The lowest BCUT2D eigenvalue weighted by molar-refractivity contribution is -0.122. The van der Waals surface area contributed by atoms with E-state index in [9.17, 15) is 4.79 Å². The average molecular weight is 411 g/mol. The predicted molar refractivity (Wildman–Crippen MR) is 116 cm³/mol. The van der Waals surface area contributed by atoms with Gasteiger partial charge >= 0.3 is 0 Å². The Hall–Kier alpha value is -2.93. The van der Waals surface area contributed by atoms with Crippen LogP contribution in [0.25, 0.3) is 11.4 Å². The van der Waals surface area contributed by atoms with Gasteiger partial charge in [0, 0.05) is 5.56 Å². The molecule has 7 heteroatoms. The fourth-order valence-corrected chi connectivity index (χ4v) is 3.29. The van der Waals surface area contributed by atoms with Crippen LogP contribution in [0.4, 0.5) is 0 Å². The number of carbonyl (C=O) groups excluding carboxylic acids is 1. The highest BCUT2D eigenvalue weighted by molar-refractivity contribution is 7.71. The smallest absolute Gasteiger partial charge is 0.240 e. The van der Waals surface area contributed by atoms with Crippen LogP contribution in [0.3, 0.4) is 0 Å². The van der Waals surface area contributed by atoms with Gasteiger partial charge in [0.2, 0.25) is 5.91 Å². The molecule has 0 aliphatic carbocycles. The molecule has 29 heavy (non-hydrogen) atoms. The lowest BCUT2D eigenvalue weighted by Crippen LogP contribution is -2.30. The number of carbonyl (C=O) groups is 1. The highest BCUT2D eigenvalue weighted by Crippen LogP contribution is 2.20. The molecule has 0 aliphatic rings. The number of H-pyrrole nitrogens is 1. The van der Waals surface area contributed by atoms with Gasteiger partial charge in [-0.05, 0) is 63.7 Å². The number of nitrogens with zero attached hydrogens (tertiary/aromatic N) is 2. The van der Waals surface area contributed by atoms with Crippen molar-refractivity contribution in [2.45, 2.75) is 46.4 Å². The van der Waals surface area contributed by atoms with Gasteiger partial charge in [-0.3, -0.25) is 14.5 Å². The van der Waals surface area contributed by atoms with Crippen LogP contribution < -0.4 is 10.1 Å². The molecule has 0 bridgehead atoms. The third-order valence-corrected chi connectivity index (χ3v) is 4.78. The number of hydrogen-bond acceptors (Lipinski definition) is 4. The number of aromatic nitrogens is 3. The molecule has 1 atom stereocenters. The summed E-state index contributed by atoms with van der Waals surface area (Å²) in [6.07, 6.45) is 0.125. The predicted octanol–water partition coefficient (Wildman–Crippen LogP) is 4.58. The van der Waals surface area contributed by atoms with Crippen molar-refractivity contribution in [3.63, 3.8) is 0 Å². The first-order valence-corrected chi connectivity index (χ1v) is 10.0. The topological polar surface area (TPSA) is 71.9 Å². The SMILES string of the molecule is Cc1cccc(-c2n[nH]c(=S)n2CC(=O)NC(C)c2ccc(OC(C)C)cc2)c1. The number of amides is 1. The number of aromatic amines is 1. The lowest BCUT2D eigenvalue weighted by Gasteiger charge is -2.16. The Morgan fingerprint density at radius 1 is 1.21 bits per heavy atom. The molecular formula is C22H26N4O2S. The van der Waals surface area contributed by atoms with Gasteiger partial charge in [0.05, 0.1) is 12.1 Å². The second-order valence-electron chi connectivity index (χ2n) is 7.33. The number of aryl methyl sites for hydroxylation is 1. The van der Waals surface area contributed by atoms with E-state index in [2.05, 4.69) is 15.5 Å². The van der Waals surface area contributed by atoms with Gasteiger partial charge < -0.3 is 10.1 Å². The third kappa shape index (κ3) is 5.32. The maximum absolute atomic E-state index is 12.7. The van der Waals surface area contributed by atoms with Crippen LogP contribution in [0.15, 0.2) is 48.5 Å². The molecule has 2 aromatic carbocycles. The van der Waals surface area contributed by atoms with Gasteiger partial charge in [0.1, 0.15) is 12.3 Å². The molecule has 152 valence electrons. The summed E-state index contributed by atoms with van der Waals surface area (Å²) >= 11 is 5.33. The van der Waals surface area contributed by atoms with Crippen LogP contribution in [0.2, 0.25) is 0 Å². The van der Waals surface area contributed by atoms with E-state index in [1.165, 1.54) is 0 Å². The molecule has 1 aromatic heterocycles. The summed E-state index contributed by atoms with van der Waals surface area (Å²) in [6, 6.07) is 15.6. The van der Waals surface area contributed by atoms with Gasteiger partial charge in [0.25, 0.3) is 0 Å². The minimum absolute atomic E-state index is 0.0947. The van der Waals surface area contributed by atoms with Crippen molar-refractivity contribution < 1.29 is 9.53 Å². The van der Waals surface area contributed by atoms with E-state index >= 15 is 0 Å². The molecule has 0 radical (unpaired) electrons. The Balaban J connectivity index is 1.70. The second-order valence-corrected chi connectivity index (χ2v) is 7.72. The quantitative estimate of drug-likeness (QED) is 0.559. The van der Waals surface area contributed by atoms with E-state index in [4.69, 9.17) is 17.0 Å². The number of hydrogen-bond donors (Lipinski definition) is 2. The van der Waals surface area contributed by atoms with Crippen molar-refractivity contribution in [2.75, 3.05) is 0 Å². The molecule has 0 fully saturated rings. The zero-order valence-corrected chi connectivity index (χ0v) is 17.9. The van der Waals surface area contributed by atoms with Crippen molar-refractivity contribution in [2.24, 2.45) is 0 Å². The molecule has 0 spiro atoms. The molecule has 6 nitrogen and oxygen atoms in total. The average Bonchev–Trinajstić information content (AvgIpc) is 3.02. The summed E-state index contributed by atoms with van der Waals surface area (Å²) in [6.45, 7) is 8.04. The first-order valence-electron chi connectivity index (χ1n) is 9.61. The first kappa shape index (κ1) is 20.8. The van der Waals surface area contributed by atoms with Crippen LogP contribution in [0.1, 0.15) is 37.9 Å². The molecule has 2 N–H and O–H groups in total. The van der Waals surface area contributed by atoms with Crippen LogP contribution in [-0.4, -0.2) is 26.8 Å². The van der Waals surface area contributed by atoms with Crippen LogP contribution in [0, 0.1) is 11.7 Å². The molecular weight excluding hydrogens is 384 g/mol.